The van der Waals surface area contributed by atoms with Gasteiger partial charge in [-0.05, 0) is 18.8 Å². The third-order valence-electron chi connectivity index (χ3n) is 2.17. The summed E-state index contributed by atoms with van der Waals surface area (Å²) in [7, 11) is 0. The van der Waals surface area contributed by atoms with E-state index in [1.165, 1.54) is 0 Å². The molecule has 0 amide bonds. The highest BCUT2D eigenvalue weighted by Crippen LogP contribution is 2.25. The lowest BCUT2D eigenvalue weighted by molar-refractivity contribution is -0.296. The second kappa shape index (κ2) is 6.62. The molecule has 0 heterocycles. The summed E-state index contributed by atoms with van der Waals surface area (Å²) in [6.07, 6.45) is 0.928. The van der Waals surface area contributed by atoms with E-state index in [0.717, 1.165) is 6.42 Å². The first-order chi connectivity index (χ1) is 4.04. The molecular formula is C9H24O2. The Hall–Kier alpha value is -0.0800. The van der Waals surface area contributed by atoms with E-state index in [2.05, 4.69) is 25.7 Å². The van der Waals surface area contributed by atoms with E-state index in [0.29, 0.717) is 0 Å². The van der Waals surface area contributed by atoms with Crippen LogP contribution in [0.25, 0.3) is 0 Å². The molecule has 2 heteroatoms. The molecule has 0 aromatic carbocycles. The summed E-state index contributed by atoms with van der Waals surface area (Å²) in [4.78, 5) is 4.21. The molecule has 0 aliphatic heterocycles. The molecule has 1 N–H and O–H groups in total. The van der Waals surface area contributed by atoms with Crippen LogP contribution in [-0.4, -0.2) is 11.4 Å². The minimum atomic E-state index is -0.0810. The maximum Gasteiger partial charge on any atom is 0.0949 e. The molecule has 0 saturated carbocycles. The summed E-state index contributed by atoms with van der Waals surface area (Å²) in [6.45, 7) is 8.07. The molecule has 0 aliphatic rings. The maximum atomic E-state index is 8.30. The molecule has 0 aromatic rings. The van der Waals surface area contributed by atoms with Crippen LogP contribution in [0.4, 0.5) is 0 Å². The summed E-state index contributed by atoms with van der Waals surface area (Å²) in [6, 6.07) is 0. The fraction of sp³-hybridized carbons (Fsp3) is 1.00. The van der Waals surface area contributed by atoms with Crippen molar-refractivity contribution in [3.63, 3.8) is 0 Å². The fourth-order valence-corrected chi connectivity index (χ4v) is 0.430. The van der Waals surface area contributed by atoms with Crippen LogP contribution in [0.15, 0.2) is 0 Å². The fourth-order valence-electron chi connectivity index (χ4n) is 0.430. The first-order valence-electron chi connectivity index (χ1n) is 3.34. The van der Waals surface area contributed by atoms with Gasteiger partial charge in [-0.15, -0.1) is 0 Å². The van der Waals surface area contributed by atoms with Crippen LogP contribution in [0.3, 0.4) is 0 Å². The van der Waals surface area contributed by atoms with Crippen LogP contribution in [0.5, 0.6) is 0 Å². The van der Waals surface area contributed by atoms with Gasteiger partial charge in [0.25, 0.3) is 0 Å². The van der Waals surface area contributed by atoms with Crippen molar-refractivity contribution < 1.29 is 10.1 Å². The lowest BCUT2D eigenvalue weighted by Gasteiger charge is -2.27. The smallest absolute Gasteiger partial charge is 0.0949 e. The normalized spacial score (nSPS) is 12.8. The van der Waals surface area contributed by atoms with E-state index >= 15 is 0 Å². The van der Waals surface area contributed by atoms with Gasteiger partial charge >= 0.3 is 0 Å². The molecule has 0 aliphatic carbocycles. The highest BCUT2D eigenvalue weighted by molar-refractivity contribution is 4.72. The average molecular weight is 164 g/mol. The quantitative estimate of drug-likeness (QED) is 0.510. The highest BCUT2D eigenvalue weighted by atomic mass is 17.1. The average Bonchev–Trinajstić information content (AvgIpc) is 1.86. The zero-order valence-corrected chi connectivity index (χ0v) is 6.64. The van der Waals surface area contributed by atoms with Crippen molar-refractivity contribution in [2.45, 2.75) is 55.1 Å². The summed E-state index contributed by atoms with van der Waals surface area (Å²) >= 11 is 0. The predicted octanol–water partition coefficient (Wildman–Crippen LogP) is 3.57. The van der Waals surface area contributed by atoms with Gasteiger partial charge in [0.1, 0.15) is 0 Å². The van der Waals surface area contributed by atoms with Crippen LogP contribution in [0.1, 0.15) is 49.0 Å². The van der Waals surface area contributed by atoms with Gasteiger partial charge < -0.3 is 0 Å². The van der Waals surface area contributed by atoms with Crippen molar-refractivity contribution in [1.29, 1.82) is 0 Å². The Morgan fingerprint density at radius 3 is 1.82 bits per heavy atom. The summed E-state index contributed by atoms with van der Waals surface area (Å²) in [5.74, 6) is 0. The van der Waals surface area contributed by atoms with Crippen LogP contribution in [0.2, 0.25) is 0 Å². The first kappa shape index (κ1) is 17.1. The topological polar surface area (TPSA) is 29.5 Å². The SMILES string of the molecule is C.C.CCC(C)(C)C(C)OO. The number of hydrogen-bond donors (Lipinski definition) is 1. The highest BCUT2D eigenvalue weighted by Gasteiger charge is 2.24. The molecule has 1 unspecified atom stereocenters. The van der Waals surface area contributed by atoms with Gasteiger partial charge in [0.05, 0.1) is 6.10 Å². The van der Waals surface area contributed by atoms with Crippen molar-refractivity contribution >= 4 is 0 Å². The lowest BCUT2D eigenvalue weighted by Crippen LogP contribution is -2.27. The van der Waals surface area contributed by atoms with E-state index in [9.17, 15) is 0 Å². The molecule has 0 bridgehead atoms. The second-order valence-electron chi connectivity index (χ2n) is 3.09. The van der Waals surface area contributed by atoms with Crippen LogP contribution in [0, 0.1) is 5.41 Å². The van der Waals surface area contributed by atoms with Gasteiger partial charge in [0.2, 0.25) is 0 Å². The molecule has 11 heavy (non-hydrogen) atoms. The third-order valence-corrected chi connectivity index (χ3v) is 2.17. The molecule has 0 saturated heterocycles. The van der Waals surface area contributed by atoms with Crippen molar-refractivity contribution in [2.75, 3.05) is 0 Å². The monoisotopic (exact) mass is 164 g/mol. The van der Waals surface area contributed by atoms with Crippen molar-refractivity contribution in [3.8, 4) is 0 Å². The molecular weight excluding hydrogens is 140 g/mol. The van der Waals surface area contributed by atoms with Crippen LogP contribution >= 0.6 is 0 Å². The Bertz CT molecular complexity index is 79.6. The maximum absolute atomic E-state index is 8.30. The largest absolute Gasteiger partial charge is 0.252 e. The Morgan fingerprint density at radius 2 is 1.73 bits per heavy atom. The predicted molar refractivity (Wildman–Crippen MR) is 50.7 cm³/mol. The minimum Gasteiger partial charge on any atom is -0.252 e. The molecule has 0 rings (SSSR count). The van der Waals surface area contributed by atoms with Gasteiger partial charge in [-0.1, -0.05) is 35.6 Å². The molecule has 0 spiro atoms. The Morgan fingerprint density at radius 1 is 1.36 bits per heavy atom. The Labute approximate surface area is 71.5 Å². The van der Waals surface area contributed by atoms with Gasteiger partial charge in [-0.3, -0.25) is 5.26 Å². The summed E-state index contributed by atoms with van der Waals surface area (Å²) in [5, 5.41) is 8.30. The Balaban J connectivity index is -0.000000320. The first-order valence-corrected chi connectivity index (χ1v) is 3.34. The Kier molecular flexibility index (Phi) is 10.3. The minimum absolute atomic E-state index is 0. The van der Waals surface area contributed by atoms with E-state index in [-0.39, 0.29) is 26.4 Å². The molecule has 2 nitrogen and oxygen atoms in total. The van der Waals surface area contributed by atoms with E-state index in [1.54, 1.807) is 0 Å². The molecule has 72 valence electrons. The zero-order chi connectivity index (χ0) is 7.49. The van der Waals surface area contributed by atoms with Crippen molar-refractivity contribution in [2.24, 2.45) is 5.41 Å². The van der Waals surface area contributed by atoms with E-state index in [4.69, 9.17) is 5.26 Å². The van der Waals surface area contributed by atoms with Crippen LogP contribution in [-0.2, 0) is 4.89 Å². The molecule has 0 radical (unpaired) electrons. The van der Waals surface area contributed by atoms with Gasteiger partial charge in [-0.25, -0.2) is 4.89 Å². The second-order valence-corrected chi connectivity index (χ2v) is 3.09. The van der Waals surface area contributed by atoms with Crippen molar-refractivity contribution in [1.82, 2.24) is 0 Å². The van der Waals surface area contributed by atoms with Crippen molar-refractivity contribution in [3.05, 3.63) is 0 Å². The summed E-state index contributed by atoms with van der Waals surface area (Å²) < 4.78 is 0. The zero-order valence-electron chi connectivity index (χ0n) is 6.64. The standard InChI is InChI=1S/C7H16O2.2CH4/c1-5-7(3,4)6(2)9-8;;/h6,8H,5H2,1-4H3;2*1H4. The van der Waals surface area contributed by atoms with Gasteiger partial charge in [-0.2, -0.15) is 0 Å². The van der Waals surface area contributed by atoms with Crippen LogP contribution < -0.4 is 0 Å². The van der Waals surface area contributed by atoms with E-state index < -0.39 is 0 Å². The molecule has 0 aromatic heterocycles. The summed E-state index contributed by atoms with van der Waals surface area (Å²) in [5.41, 5.74) is 0.0781. The number of rotatable bonds is 3. The van der Waals surface area contributed by atoms with E-state index in [1.807, 2.05) is 6.92 Å². The number of hydrogen-bond acceptors (Lipinski definition) is 2. The van der Waals surface area contributed by atoms with Gasteiger partial charge in [0, 0.05) is 0 Å². The van der Waals surface area contributed by atoms with Gasteiger partial charge in [0.15, 0.2) is 0 Å². The molecule has 1 atom stereocenters. The lowest BCUT2D eigenvalue weighted by atomic mass is 9.85. The molecule has 0 fully saturated rings. The third kappa shape index (κ3) is 5.22.